The van der Waals surface area contributed by atoms with Gasteiger partial charge in [-0.05, 0) is 54.9 Å². The van der Waals surface area contributed by atoms with Gasteiger partial charge in [-0.15, -0.1) is 0 Å². The molecule has 2 saturated carbocycles. The molecular weight excluding hydrogens is 302 g/mol. The minimum Gasteiger partial charge on any atom is -0.481 e. The second kappa shape index (κ2) is 5.91. The summed E-state index contributed by atoms with van der Waals surface area (Å²) in [5, 5.41) is 9.14. The lowest BCUT2D eigenvalue weighted by molar-refractivity contribution is -0.140. The van der Waals surface area contributed by atoms with Gasteiger partial charge in [0.15, 0.2) is 0 Å². The molecule has 0 aromatic heterocycles. The number of amides is 1. The van der Waals surface area contributed by atoms with Gasteiger partial charge in [0.2, 0.25) is 5.91 Å². The Bertz CT molecular complexity index is 628. The van der Waals surface area contributed by atoms with Crippen LogP contribution in [0, 0.1) is 17.3 Å². The van der Waals surface area contributed by atoms with Crippen LogP contribution in [0.1, 0.15) is 50.0 Å². The number of rotatable bonds is 4. The molecule has 2 aliphatic carbocycles. The van der Waals surface area contributed by atoms with Crippen LogP contribution in [0.15, 0.2) is 30.3 Å². The van der Waals surface area contributed by atoms with Crippen molar-refractivity contribution in [3.63, 3.8) is 0 Å². The molecule has 128 valence electrons. The number of aliphatic carboxylic acids is 1. The van der Waals surface area contributed by atoms with E-state index in [0.29, 0.717) is 18.3 Å². The van der Waals surface area contributed by atoms with Crippen LogP contribution >= 0.6 is 0 Å². The van der Waals surface area contributed by atoms with Gasteiger partial charge in [0, 0.05) is 19.5 Å². The summed E-state index contributed by atoms with van der Waals surface area (Å²) in [7, 11) is 0. The summed E-state index contributed by atoms with van der Waals surface area (Å²) < 4.78 is 0. The van der Waals surface area contributed by atoms with E-state index in [4.69, 9.17) is 5.11 Å². The monoisotopic (exact) mass is 327 g/mol. The Morgan fingerprint density at radius 2 is 1.79 bits per heavy atom. The normalized spacial score (nSPS) is 30.7. The molecule has 1 spiro atoms. The summed E-state index contributed by atoms with van der Waals surface area (Å²) in [6.45, 7) is 1.49. The molecule has 4 rings (SSSR count). The van der Waals surface area contributed by atoms with Crippen molar-refractivity contribution in [2.45, 2.75) is 44.4 Å². The van der Waals surface area contributed by atoms with Crippen molar-refractivity contribution < 1.29 is 14.7 Å². The van der Waals surface area contributed by atoms with Crippen molar-refractivity contribution in [2.75, 3.05) is 13.1 Å². The Balaban J connectivity index is 1.22. The third kappa shape index (κ3) is 2.83. The van der Waals surface area contributed by atoms with E-state index in [1.54, 1.807) is 0 Å². The fraction of sp³-hybridized carbons (Fsp3) is 0.600. The van der Waals surface area contributed by atoms with Crippen molar-refractivity contribution in [3.8, 4) is 0 Å². The topological polar surface area (TPSA) is 57.6 Å². The SMILES string of the molecule is O=C(O)C1CC12CCN(C(=O)CC1CC(c3ccccc3)C1)CC2. The number of benzene rings is 1. The van der Waals surface area contributed by atoms with Gasteiger partial charge in [-0.1, -0.05) is 30.3 Å². The van der Waals surface area contributed by atoms with Crippen molar-refractivity contribution in [1.29, 1.82) is 0 Å². The highest BCUT2D eigenvalue weighted by Crippen LogP contribution is 2.59. The first kappa shape index (κ1) is 15.7. The second-order valence-electron chi connectivity index (χ2n) is 7.99. The summed E-state index contributed by atoms with van der Waals surface area (Å²) >= 11 is 0. The molecule has 1 heterocycles. The average molecular weight is 327 g/mol. The van der Waals surface area contributed by atoms with Gasteiger partial charge in [-0.2, -0.15) is 0 Å². The first-order valence-corrected chi connectivity index (χ1v) is 9.13. The van der Waals surface area contributed by atoms with Crippen LogP contribution in [0.5, 0.6) is 0 Å². The number of carbonyl (C=O) groups is 2. The smallest absolute Gasteiger partial charge is 0.307 e. The second-order valence-corrected chi connectivity index (χ2v) is 7.99. The van der Waals surface area contributed by atoms with Gasteiger partial charge >= 0.3 is 5.97 Å². The van der Waals surface area contributed by atoms with Crippen LogP contribution in [0.4, 0.5) is 0 Å². The third-order valence-corrected chi connectivity index (χ3v) is 6.57. The summed E-state index contributed by atoms with van der Waals surface area (Å²) in [4.78, 5) is 25.6. The van der Waals surface area contributed by atoms with Crippen LogP contribution in [0.2, 0.25) is 0 Å². The highest BCUT2D eigenvalue weighted by molar-refractivity contribution is 5.77. The van der Waals surface area contributed by atoms with Gasteiger partial charge in [-0.3, -0.25) is 9.59 Å². The standard InChI is InChI=1S/C20H25NO3/c22-18(12-14-10-16(11-14)15-4-2-1-3-5-15)21-8-6-20(7-9-21)13-17(20)19(23)24/h1-5,14,16-17H,6-13H2,(H,23,24). The predicted molar refractivity (Wildman–Crippen MR) is 90.5 cm³/mol. The summed E-state index contributed by atoms with van der Waals surface area (Å²) in [5.74, 6) is 0.598. The molecule has 4 heteroatoms. The van der Waals surface area contributed by atoms with E-state index in [-0.39, 0.29) is 17.2 Å². The highest BCUT2D eigenvalue weighted by atomic mass is 16.4. The molecule has 0 radical (unpaired) electrons. The third-order valence-electron chi connectivity index (χ3n) is 6.57. The van der Waals surface area contributed by atoms with E-state index in [9.17, 15) is 9.59 Å². The molecule has 1 aliphatic heterocycles. The fourth-order valence-electron chi connectivity index (χ4n) is 4.73. The number of carboxylic acid groups (broad SMARTS) is 1. The Morgan fingerprint density at radius 1 is 1.12 bits per heavy atom. The van der Waals surface area contributed by atoms with Crippen LogP contribution in [-0.2, 0) is 9.59 Å². The minimum atomic E-state index is -0.656. The van der Waals surface area contributed by atoms with Gasteiger partial charge in [0.05, 0.1) is 5.92 Å². The van der Waals surface area contributed by atoms with E-state index < -0.39 is 5.97 Å². The van der Waals surface area contributed by atoms with E-state index in [1.165, 1.54) is 5.56 Å². The fourth-order valence-corrected chi connectivity index (χ4v) is 4.73. The minimum absolute atomic E-state index is 0.0114. The number of hydrogen-bond acceptors (Lipinski definition) is 2. The summed E-state index contributed by atoms with van der Waals surface area (Å²) in [5.41, 5.74) is 1.41. The number of piperidine rings is 1. The van der Waals surface area contributed by atoms with Crippen molar-refractivity contribution in [1.82, 2.24) is 4.90 Å². The maximum Gasteiger partial charge on any atom is 0.307 e. The summed E-state index contributed by atoms with van der Waals surface area (Å²) in [6, 6.07) is 10.6. The van der Waals surface area contributed by atoms with Gasteiger partial charge in [0.1, 0.15) is 0 Å². The Labute approximate surface area is 142 Å². The molecule has 1 aromatic rings. The van der Waals surface area contributed by atoms with Crippen molar-refractivity contribution >= 4 is 11.9 Å². The molecule has 1 N–H and O–H groups in total. The lowest BCUT2D eigenvalue weighted by Crippen LogP contribution is -2.41. The van der Waals surface area contributed by atoms with Gasteiger partial charge in [-0.25, -0.2) is 0 Å². The van der Waals surface area contributed by atoms with E-state index >= 15 is 0 Å². The van der Waals surface area contributed by atoms with Crippen LogP contribution in [0.3, 0.4) is 0 Å². The van der Waals surface area contributed by atoms with Crippen LogP contribution < -0.4 is 0 Å². The molecule has 1 amide bonds. The largest absolute Gasteiger partial charge is 0.481 e. The number of nitrogens with zero attached hydrogens (tertiary/aromatic N) is 1. The average Bonchev–Trinajstić information content (AvgIpc) is 3.26. The molecule has 24 heavy (non-hydrogen) atoms. The highest BCUT2D eigenvalue weighted by Gasteiger charge is 2.59. The van der Waals surface area contributed by atoms with Crippen molar-refractivity contribution in [3.05, 3.63) is 35.9 Å². The molecular formula is C20H25NO3. The lowest BCUT2D eigenvalue weighted by Gasteiger charge is -2.38. The predicted octanol–water partition coefficient (Wildman–Crippen LogP) is 3.28. The lowest BCUT2D eigenvalue weighted by atomic mass is 9.70. The molecule has 1 saturated heterocycles. The molecule has 1 aromatic carbocycles. The maximum absolute atomic E-state index is 12.5. The maximum atomic E-state index is 12.5. The van der Waals surface area contributed by atoms with Crippen molar-refractivity contribution in [2.24, 2.45) is 17.3 Å². The molecule has 3 aliphatic rings. The number of likely N-dealkylation sites (tertiary alicyclic amines) is 1. The first-order valence-electron chi connectivity index (χ1n) is 9.13. The first-order chi connectivity index (χ1) is 11.6. The molecule has 0 bridgehead atoms. The van der Waals surface area contributed by atoms with Crippen LogP contribution in [-0.4, -0.2) is 35.0 Å². The number of carbonyl (C=O) groups excluding carboxylic acids is 1. The van der Waals surface area contributed by atoms with Crippen LogP contribution in [0.25, 0.3) is 0 Å². The van der Waals surface area contributed by atoms with E-state index in [0.717, 1.165) is 45.2 Å². The Morgan fingerprint density at radius 3 is 2.38 bits per heavy atom. The van der Waals surface area contributed by atoms with Gasteiger partial charge < -0.3 is 10.0 Å². The van der Waals surface area contributed by atoms with E-state index in [2.05, 4.69) is 24.3 Å². The Kier molecular flexibility index (Phi) is 3.86. The molecule has 4 nitrogen and oxygen atoms in total. The summed E-state index contributed by atoms with van der Waals surface area (Å²) in [6.07, 6.45) is 5.45. The molecule has 3 fully saturated rings. The Hall–Kier alpha value is -1.84. The van der Waals surface area contributed by atoms with E-state index in [1.807, 2.05) is 11.0 Å². The quantitative estimate of drug-likeness (QED) is 0.923. The van der Waals surface area contributed by atoms with Gasteiger partial charge in [0.25, 0.3) is 0 Å². The zero-order chi connectivity index (χ0) is 16.7. The molecule has 1 unspecified atom stereocenters. The zero-order valence-electron chi connectivity index (χ0n) is 14.0. The number of carboxylic acids is 1. The molecule has 1 atom stereocenters. The number of hydrogen-bond donors (Lipinski definition) is 1. The zero-order valence-corrected chi connectivity index (χ0v) is 14.0.